The van der Waals surface area contributed by atoms with Gasteiger partial charge in [0, 0.05) is 6.20 Å². The van der Waals surface area contributed by atoms with Crippen LogP contribution in [0.25, 0.3) is 5.69 Å². The first-order chi connectivity index (χ1) is 8.91. The van der Waals surface area contributed by atoms with Gasteiger partial charge in [-0.1, -0.05) is 6.07 Å². The van der Waals surface area contributed by atoms with Crippen LogP contribution in [0.1, 0.15) is 16.7 Å². The van der Waals surface area contributed by atoms with Gasteiger partial charge in [0.2, 0.25) is 0 Å². The molecule has 6 heteroatoms. The van der Waals surface area contributed by atoms with Crippen molar-refractivity contribution < 1.29 is 13.2 Å². The highest BCUT2D eigenvalue weighted by Gasteiger charge is 2.34. The van der Waals surface area contributed by atoms with Crippen molar-refractivity contribution in [3.8, 4) is 5.69 Å². The van der Waals surface area contributed by atoms with Gasteiger partial charge in [-0.3, -0.25) is 0 Å². The Hall–Kier alpha value is -1.82. The molecular weight excluding hydrogens is 255 g/mol. The number of nitrogens with two attached hydrogens (primary N) is 1. The summed E-state index contributed by atoms with van der Waals surface area (Å²) in [5.74, 6) is 0. The fraction of sp³-hybridized carbons (Fsp3) is 0.308. The average molecular weight is 269 g/mol. The van der Waals surface area contributed by atoms with Gasteiger partial charge in [0.25, 0.3) is 0 Å². The van der Waals surface area contributed by atoms with E-state index in [0.29, 0.717) is 18.5 Å². The standard InChI is InChI=1S/C13H14F3N3/c1-9-7-18-19(8-9)12-3-2-10(4-5-17)6-11(12)13(14,15)16/h2-3,6-8H,4-5,17H2,1H3. The molecule has 0 radical (unpaired) electrons. The van der Waals surface area contributed by atoms with E-state index in [1.54, 1.807) is 19.2 Å². The number of aromatic nitrogens is 2. The minimum atomic E-state index is -4.42. The van der Waals surface area contributed by atoms with Crippen molar-refractivity contribution in [2.75, 3.05) is 6.54 Å². The molecule has 1 heterocycles. The number of hydrogen-bond donors (Lipinski definition) is 1. The summed E-state index contributed by atoms with van der Waals surface area (Å²) in [6, 6.07) is 4.22. The van der Waals surface area contributed by atoms with Gasteiger partial charge in [0.1, 0.15) is 0 Å². The normalized spacial score (nSPS) is 11.8. The van der Waals surface area contributed by atoms with Gasteiger partial charge in [0.05, 0.1) is 17.4 Å². The molecule has 2 aromatic rings. The van der Waals surface area contributed by atoms with Crippen LogP contribution in [0.3, 0.4) is 0 Å². The van der Waals surface area contributed by atoms with Gasteiger partial charge in [-0.05, 0) is 43.1 Å². The van der Waals surface area contributed by atoms with E-state index in [-0.39, 0.29) is 5.69 Å². The molecule has 0 aliphatic rings. The van der Waals surface area contributed by atoms with Crippen molar-refractivity contribution in [3.05, 3.63) is 47.3 Å². The number of aryl methyl sites for hydroxylation is 1. The summed E-state index contributed by atoms with van der Waals surface area (Å²) in [5.41, 5.74) is 6.09. The second-order valence-electron chi connectivity index (χ2n) is 4.35. The topological polar surface area (TPSA) is 43.8 Å². The Balaban J connectivity index is 2.54. The molecular formula is C13H14F3N3. The van der Waals surface area contributed by atoms with Gasteiger partial charge in [-0.15, -0.1) is 0 Å². The zero-order valence-electron chi connectivity index (χ0n) is 10.4. The van der Waals surface area contributed by atoms with Gasteiger partial charge in [-0.25, -0.2) is 4.68 Å². The SMILES string of the molecule is Cc1cnn(-c2ccc(CCN)cc2C(F)(F)F)c1. The third-order valence-corrected chi connectivity index (χ3v) is 2.76. The molecule has 0 aliphatic heterocycles. The van der Waals surface area contributed by atoms with E-state index >= 15 is 0 Å². The lowest BCUT2D eigenvalue weighted by atomic mass is 10.1. The molecule has 2 N–H and O–H groups in total. The van der Waals surface area contributed by atoms with Crippen molar-refractivity contribution in [1.29, 1.82) is 0 Å². The number of hydrogen-bond acceptors (Lipinski definition) is 2. The monoisotopic (exact) mass is 269 g/mol. The summed E-state index contributed by atoms with van der Waals surface area (Å²) in [6.07, 6.45) is -0.914. The van der Waals surface area contributed by atoms with Crippen molar-refractivity contribution >= 4 is 0 Å². The smallest absolute Gasteiger partial charge is 0.330 e. The van der Waals surface area contributed by atoms with Crippen molar-refractivity contribution in [2.24, 2.45) is 5.73 Å². The Morgan fingerprint density at radius 2 is 2.05 bits per heavy atom. The lowest BCUT2D eigenvalue weighted by Gasteiger charge is -2.14. The minimum absolute atomic E-state index is 0.0290. The van der Waals surface area contributed by atoms with E-state index in [1.165, 1.54) is 16.9 Å². The molecule has 102 valence electrons. The summed E-state index contributed by atoms with van der Waals surface area (Å²) >= 11 is 0. The first-order valence-corrected chi connectivity index (χ1v) is 5.83. The zero-order valence-corrected chi connectivity index (χ0v) is 10.4. The summed E-state index contributed by atoms with van der Waals surface area (Å²) < 4.78 is 40.5. The van der Waals surface area contributed by atoms with Gasteiger partial charge in [0.15, 0.2) is 0 Å². The lowest BCUT2D eigenvalue weighted by molar-refractivity contribution is -0.137. The number of benzene rings is 1. The quantitative estimate of drug-likeness (QED) is 0.931. The number of rotatable bonds is 3. The van der Waals surface area contributed by atoms with Crippen LogP contribution in [-0.2, 0) is 12.6 Å². The third kappa shape index (κ3) is 2.96. The van der Waals surface area contributed by atoms with E-state index in [0.717, 1.165) is 11.6 Å². The Kier molecular flexibility index (Phi) is 3.61. The van der Waals surface area contributed by atoms with E-state index < -0.39 is 11.7 Å². The van der Waals surface area contributed by atoms with E-state index in [1.807, 2.05) is 0 Å². The largest absolute Gasteiger partial charge is 0.418 e. The average Bonchev–Trinajstić information content (AvgIpc) is 2.75. The number of alkyl halides is 3. The number of halogens is 3. The van der Waals surface area contributed by atoms with Crippen LogP contribution < -0.4 is 5.73 Å². The molecule has 0 fully saturated rings. The molecule has 0 saturated heterocycles. The number of nitrogens with zero attached hydrogens (tertiary/aromatic N) is 2. The third-order valence-electron chi connectivity index (χ3n) is 2.76. The second kappa shape index (κ2) is 5.05. The molecule has 19 heavy (non-hydrogen) atoms. The summed E-state index contributed by atoms with van der Waals surface area (Å²) in [5, 5.41) is 3.93. The second-order valence-corrected chi connectivity index (χ2v) is 4.35. The molecule has 0 bridgehead atoms. The van der Waals surface area contributed by atoms with Crippen molar-refractivity contribution in [1.82, 2.24) is 9.78 Å². The molecule has 2 rings (SSSR count). The van der Waals surface area contributed by atoms with Crippen LogP contribution >= 0.6 is 0 Å². The van der Waals surface area contributed by atoms with Crippen LogP contribution in [0.5, 0.6) is 0 Å². The molecule has 1 aromatic heterocycles. The molecule has 0 atom stereocenters. The van der Waals surface area contributed by atoms with Crippen LogP contribution in [0, 0.1) is 6.92 Å². The molecule has 0 unspecified atom stereocenters. The van der Waals surface area contributed by atoms with Gasteiger partial charge >= 0.3 is 6.18 Å². The summed E-state index contributed by atoms with van der Waals surface area (Å²) in [7, 11) is 0. The highest BCUT2D eigenvalue weighted by atomic mass is 19.4. The Morgan fingerprint density at radius 3 is 2.58 bits per heavy atom. The molecule has 1 aromatic carbocycles. The molecule has 0 spiro atoms. The maximum atomic E-state index is 13.1. The van der Waals surface area contributed by atoms with Crippen molar-refractivity contribution in [3.63, 3.8) is 0 Å². The Bertz CT molecular complexity index is 573. The van der Waals surface area contributed by atoms with E-state index in [2.05, 4.69) is 5.10 Å². The summed E-state index contributed by atoms with van der Waals surface area (Å²) in [6.45, 7) is 2.09. The van der Waals surface area contributed by atoms with Crippen LogP contribution in [0.2, 0.25) is 0 Å². The molecule has 0 amide bonds. The zero-order chi connectivity index (χ0) is 14.0. The Morgan fingerprint density at radius 1 is 1.32 bits per heavy atom. The Labute approximate surface area is 108 Å². The highest BCUT2D eigenvalue weighted by Crippen LogP contribution is 2.34. The first-order valence-electron chi connectivity index (χ1n) is 5.83. The first kappa shape index (κ1) is 13.6. The molecule has 3 nitrogen and oxygen atoms in total. The molecule has 0 aliphatic carbocycles. The van der Waals surface area contributed by atoms with E-state index in [9.17, 15) is 13.2 Å². The van der Waals surface area contributed by atoms with Crippen LogP contribution in [0.4, 0.5) is 13.2 Å². The van der Waals surface area contributed by atoms with Crippen LogP contribution in [0.15, 0.2) is 30.6 Å². The summed E-state index contributed by atoms with van der Waals surface area (Å²) in [4.78, 5) is 0. The maximum Gasteiger partial charge on any atom is 0.418 e. The van der Waals surface area contributed by atoms with Gasteiger partial charge in [-0.2, -0.15) is 18.3 Å². The molecule has 0 saturated carbocycles. The minimum Gasteiger partial charge on any atom is -0.330 e. The van der Waals surface area contributed by atoms with Crippen LogP contribution in [-0.4, -0.2) is 16.3 Å². The maximum absolute atomic E-state index is 13.1. The van der Waals surface area contributed by atoms with Crippen molar-refractivity contribution in [2.45, 2.75) is 19.5 Å². The van der Waals surface area contributed by atoms with Gasteiger partial charge < -0.3 is 5.73 Å². The highest BCUT2D eigenvalue weighted by molar-refractivity contribution is 5.45. The lowest BCUT2D eigenvalue weighted by Crippen LogP contribution is -2.13. The fourth-order valence-electron chi connectivity index (χ4n) is 1.88. The fourth-order valence-corrected chi connectivity index (χ4v) is 1.88. The predicted molar refractivity (Wildman–Crippen MR) is 66.1 cm³/mol. The van der Waals surface area contributed by atoms with E-state index in [4.69, 9.17) is 5.73 Å². The predicted octanol–water partition coefficient (Wildman–Crippen LogP) is 2.70.